The lowest BCUT2D eigenvalue weighted by Crippen LogP contribution is -2.35. The molecule has 2 aromatic carbocycles. The number of carboxylic acids is 1. The summed E-state index contributed by atoms with van der Waals surface area (Å²) in [5, 5.41) is 12.5. The maximum absolute atomic E-state index is 12.4. The lowest BCUT2D eigenvalue weighted by atomic mass is 9.87. The molecule has 0 spiro atoms. The van der Waals surface area contributed by atoms with Crippen molar-refractivity contribution in [1.29, 1.82) is 0 Å². The van der Waals surface area contributed by atoms with E-state index in [0.717, 1.165) is 41.5 Å². The molecule has 2 aromatic heterocycles. The first-order valence-corrected chi connectivity index (χ1v) is 9.03. The Morgan fingerprint density at radius 2 is 1.69 bits per heavy atom. The van der Waals surface area contributed by atoms with Crippen LogP contribution in [0.25, 0.3) is 38.5 Å². The van der Waals surface area contributed by atoms with E-state index in [1.54, 1.807) is 0 Å². The minimum absolute atomic E-state index is 0.381. The largest absolute Gasteiger partial charge is 0.473 e. The van der Waals surface area contributed by atoms with Gasteiger partial charge in [-0.15, -0.1) is 0 Å². The first-order valence-electron chi connectivity index (χ1n) is 9.03. The van der Waals surface area contributed by atoms with Crippen LogP contribution in [0.4, 0.5) is 0 Å². The summed E-state index contributed by atoms with van der Waals surface area (Å²) in [4.78, 5) is 12.4. The molecule has 2 aliphatic carbocycles. The van der Waals surface area contributed by atoms with Crippen molar-refractivity contribution in [2.45, 2.75) is 19.3 Å². The van der Waals surface area contributed by atoms with Gasteiger partial charge in [0.2, 0.25) is 5.52 Å². The maximum atomic E-state index is 12.4. The van der Waals surface area contributed by atoms with E-state index in [4.69, 9.17) is 0 Å². The molecule has 0 aliphatic heterocycles. The third-order valence-corrected chi connectivity index (χ3v) is 5.91. The average molecular weight is 338 g/mol. The highest BCUT2D eigenvalue weighted by atomic mass is 16.4. The summed E-state index contributed by atoms with van der Waals surface area (Å²) < 4.78 is 1.91. The molecule has 26 heavy (non-hydrogen) atoms. The molecular formula is C23H16NO2+. The second-order valence-corrected chi connectivity index (χ2v) is 7.20. The van der Waals surface area contributed by atoms with Crippen molar-refractivity contribution in [2.75, 3.05) is 0 Å². The van der Waals surface area contributed by atoms with E-state index in [0.29, 0.717) is 5.69 Å². The number of aryl methyl sites for hydroxylation is 2. The summed E-state index contributed by atoms with van der Waals surface area (Å²) in [5.74, 6) is -0.870. The molecule has 0 radical (unpaired) electrons. The van der Waals surface area contributed by atoms with Crippen LogP contribution < -0.4 is 4.40 Å². The van der Waals surface area contributed by atoms with Crippen molar-refractivity contribution in [3.8, 4) is 22.3 Å². The van der Waals surface area contributed by atoms with E-state index in [1.807, 2.05) is 22.7 Å². The van der Waals surface area contributed by atoms with Gasteiger partial charge < -0.3 is 5.11 Å². The Morgan fingerprint density at radius 3 is 2.46 bits per heavy atom. The van der Waals surface area contributed by atoms with Gasteiger partial charge in [-0.2, -0.15) is 4.40 Å². The predicted octanol–water partition coefficient (Wildman–Crippen LogP) is 4.41. The first kappa shape index (κ1) is 14.0. The highest BCUT2D eigenvalue weighted by Crippen LogP contribution is 2.51. The normalized spacial score (nSPS) is 14.0. The van der Waals surface area contributed by atoms with Crippen LogP contribution in [0.15, 0.2) is 54.7 Å². The van der Waals surface area contributed by atoms with Gasteiger partial charge in [0, 0.05) is 22.8 Å². The van der Waals surface area contributed by atoms with Crippen LogP contribution in [-0.4, -0.2) is 11.1 Å². The molecule has 6 rings (SSSR count). The fourth-order valence-electron chi connectivity index (χ4n) is 5.01. The molecule has 0 atom stereocenters. The number of aromatic nitrogens is 1. The Bertz CT molecular complexity index is 1280. The highest BCUT2D eigenvalue weighted by molar-refractivity contribution is 6.19. The van der Waals surface area contributed by atoms with Crippen LogP contribution >= 0.6 is 0 Å². The Kier molecular flexibility index (Phi) is 2.53. The Hall–Kier alpha value is -3.20. The number of carboxylic acid groups (broad SMARTS) is 1. The van der Waals surface area contributed by atoms with E-state index in [-0.39, 0.29) is 0 Å². The zero-order valence-electron chi connectivity index (χ0n) is 14.1. The van der Waals surface area contributed by atoms with Gasteiger partial charge in [0.1, 0.15) is 0 Å². The zero-order valence-corrected chi connectivity index (χ0v) is 14.1. The summed E-state index contributed by atoms with van der Waals surface area (Å²) in [5.41, 5.74) is 8.29. The van der Waals surface area contributed by atoms with E-state index in [1.165, 1.54) is 27.5 Å². The van der Waals surface area contributed by atoms with Gasteiger partial charge >= 0.3 is 11.7 Å². The number of nitrogens with zero attached hydrogens (tertiary/aromatic N) is 1. The van der Waals surface area contributed by atoms with Crippen molar-refractivity contribution >= 4 is 22.3 Å². The van der Waals surface area contributed by atoms with E-state index < -0.39 is 5.97 Å². The van der Waals surface area contributed by atoms with Crippen molar-refractivity contribution in [3.05, 3.63) is 71.5 Å². The molecular weight excluding hydrogens is 322 g/mol. The maximum Gasteiger partial charge on any atom is 0.402 e. The molecule has 3 heteroatoms. The molecule has 3 nitrogen and oxygen atoms in total. The molecule has 124 valence electrons. The molecule has 0 fully saturated rings. The Morgan fingerprint density at radius 1 is 0.923 bits per heavy atom. The summed E-state index contributed by atoms with van der Waals surface area (Å²) >= 11 is 0. The number of hydrogen-bond acceptors (Lipinski definition) is 1. The first-order chi connectivity index (χ1) is 12.8. The van der Waals surface area contributed by atoms with Crippen molar-refractivity contribution in [2.24, 2.45) is 0 Å². The SMILES string of the molecule is O=C(O)c1c2c(c3c4c(ccc[n+]14)CCC3)-c1cccc3cccc-2c13. The fraction of sp³-hybridized carbons (Fsp3) is 0.130. The van der Waals surface area contributed by atoms with Crippen LogP contribution in [0.3, 0.4) is 0 Å². The standard InChI is InChI=1S/C23H15NO2/c25-23(26)22-20-16-10-2-6-13-5-1-9-15(18(13)16)19(20)17-11-3-7-14-8-4-12-24(22)21(14)17/h1-2,4-6,8-10,12H,3,7,11H2/p+1. The lowest BCUT2D eigenvalue weighted by molar-refractivity contribution is -0.515. The van der Waals surface area contributed by atoms with Crippen LogP contribution in [-0.2, 0) is 12.8 Å². The van der Waals surface area contributed by atoms with E-state index in [9.17, 15) is 9.90 Å². The Labute approximate surface area is 150 Å². The van der Waals surface area contributed by atoms with Gasteiger partial charge in [-0.05, 0) is 47.2 Å². The van der Waals surface area contributed by atoms with Gasteiger partial charge in [0.15, 0.2) is 6.20 Å². The minimum Gasteiger partial charge on any atom is -0.473 e. The summed E-state index contributed by atoms with van der Waals surface area (Å²) in [6, 6.07) is 16.6. The molecule has 0 saturated heterocycles. The molecule has 0 unspecified atom stereocenters. The molecule has 4 aromatic rings. The number of rotatable bonds is 1. The quantitative estimate of drug-likeness (QED) is 0.460. The van der Waals surface area contributed by atoms with Gasteiger partial charge in [-0.1, -0.05) is 36.4 Å². The summed E-state index contributed by atoms with van der Waals surface area (Å²) in [6.45, 7) is 0. The monoisotopic (exact) mass is 338 g/mol. The summed E-state index contributed by atoms with van der Waals surface area (Å²) in [7, 11) is 0. The smallest absolute Gasteiger partial charge is 0.402 e. The van der Waals surface area contributed by atoms with Gasteiger partial charge in [-0.25, -0.2) is 4.79 Å². The molecule has 2 heterocycles. The molecule has 1 N–H and O–H groups in total. The number of carbonyl (C=O) groups is 1. The third kappa shape index (κ3) is 1.54. The van der Waals surface area contributed by atoms with Crippen molar-refractivity contribution in [3.63, 3.8) is 0 Å². The minimum atomic E-state index is -0.870. The predicted molar refractivity (Wildman–Crippen MR) is 101 cm³/mol. The van der Waals surface area contributed by atoms with Gasteiger partial charge in [0.05, 0.1) is 5.56 Å². The van der Waals surface area contributed by atoms with E-state index >= 15 is 0 Å². The number of hydrogen-bond donors (Lipinski definition) is 1. The molecule has 0 saturated carbocycles. The second-order valence-electron chi connectivity index (χ2n) is 7.20. The van der Waals surface area contributed by atoms with E-state index in [2.05, 4.69) is 36.4 Å². The van der Waals surface area contributed by atoms with Crippen LogP contribution in [0.1, 0.15) is 28.0 Å². The van der Waals surface area contributed by atoms with Crippen LogP contribution in [0.2, 0.25) is 0 Å². The summed E-state index contributed by atoms with van der Waals surface area (Å²) in [6.07, 6.45) is 5.01. The molecule has 0 bridgehead atoms. The lowest BCUT2D eigenvalue weighted by Gasteiger charge is -2.17. The number of benzene rings is 2. The third-order valence-electron chi connectivity index (χ3n) is 5.91. The second kappa shape index (κ2) is 4.70. The van der Waals surface area contributed by atoms with Crippen LogP contribution in [0, 0.1) is 0 Å². The number of pyridine rings is 2. The van der Waals surface area contributed by atoms with Gasteiger partial charge in [0.25, 0.3) is 0 Å². The zero-order chi connectivity index (χ0) is 17.4. The fourth-order valence-corrected chi connectivity index (χ4v) is 5.01. The average Bonchev–Trinajstić information content (AvgIpc) is 2.99. The number of aromatic carboxylic acids is 1. The molecule has 2 aliphatic rings. The Balaban J connectivity index is 1.94. The topological polar surface area (TPSA) is 41.4 Å². The van der Waals surface area contributed by atoms with Crippen molar-refractivity contribution in [1.82, 2.24) is 0 Å². The molecule has 0 amide bonds. The van der Waals surface area contributed by atoms with Crippen molar-refractivity contribution < 1.29 is 14.3 Å². The highest BCUT2D eigenvalue weighted by Gasteiger charge is 2.38. The number of fused-ring (bicyclic) bond motifs is 4. The van der Waals surface area contributed by atoms with Gasteiger partial charge in [-0.3, -0.25) is 0 Å². The van der Waals surface area contributed by atoms with Crippen LogP contribution in [0.5, 0.6) is 0 Å².